The van der Waals surface area contributed by atoms with Gasteiger partial charge in [0.05, 0.1) is 22.1 Å². The van der Waals surface area contributed by atoms with Crippen LogP contribution in [0, 0.1) is 10.1 Å². The van der Waals surface area contributed by atoms with Gasteiger partial charge in [0.2, 0.25) is 17.5 Å². The third kappa shape index (κ3) is 4.71. The zero-order valence-electron chi connectivity index (χ0n) is 14.4. The van der Waals surface area contributed by atoms with E-state index in [1.807, 2.05) is 18.2 Å². The standard InChI is InChI=1S/C18H15ClN6O3/c19-13-8-4-5-9-14(13)22-17-16(25(27)28)18(21-11-20-17)24-23-15(26)10-12-6-2-1-3-7-12/h1-9,11H,10H2,(H,23,26)(H2,20,21,22,24). The van der Waals surface area contributed by atoms with Gasteiger partial charge in [0.15, 0.2) is 0 Å². The van der Waals surface area contributed by atoms with E-state index < -0.39 is 10.6 Å². The Hall–Kier alpha value is -3.72. The van der Waals surface area contributed by atoms with Crippen molar-refractivity contribution >= 4 is 40.5 Å². The zero-order valence-corrected chi connectivity index (χ0v) is 15.2. The van der Waals surface area contributed by atoms with E-state index in [2.05, 4.69) is 26.1 Å². The summed E-state index contributed by atoms with van der Waals surface area (Å²) in [5, 5.41) is 14.7. The first kappa shape index (κ1) is 19.1. The number of halogens is 1. The summed E-state index contributed by atoms with van der Waals surface area (Å²) in [6.45, 7) is 0. The molecule has 2 aromatic carbocycles. The molecule has 142 valence electrons. The lowest BCUT2D eigenvalue weighted by atomic mass is 10.1. The van der Waals surface area contributed by atoms with Gasteiger partial charge in [-0.15, -0.1) is 0 Å². The quantitative estimate of drug-likeness (QED) is 0.411. The summed E-state index contributed by atoms with van der Waals surface area (Å²) < 4.78 is 0. The van der Waals surface area contributed by atoms with Gasteiger partial charge in [-0.25, -0.2) is 9.97 Å². The Balaban J connectivity index is 1.76. The molecule has 0 radical (unpaired) electrons. The second-order valence-electron chi connectivity index (χ2n) is 5.62. The summed E-state index contributed by atoms with van der Waals surface area (Å²) in [5.41, 5.74) is 5.72. The fraction of sp³-hybridized carbons (Fsp3) is 0.0556. The third-order valence-electron chi connectivity index (χ3n) is 3.66. The normalized spacial score (nSPS) is 10.2. The van der Waals surface area contributed by atoms with Crippen LogP contribution in [0.1, 0.15) is 5.56 Å². The highest BCUT2D eigenvalue weighted by Crippen LogP contribution is 2.32. The van der Waals surface area contributed by atoms with Crippen LogP contribution in [0.5, 0.6) is 0 Å². The first-order valence-electron chi connectivity index (χ1n) is 8.14. The number of hydrogen-bond donors (Lipinski definition) is 3. The maximum Gasteiger partial charge on any atom is 0.355 e. The van der Waals surface area contributed by atoms with Gasteiger partial charge in [-0.1, -0.05) is 54.1 Å². The second-order valence-corrected chi connectivity index (χ2v) is 6.02. The van der Waals surface area contributed by atoms with Crippen molar-refractivity contribution in [3.05, 3.63) is 81.6 Å². The Morgan fingerprint density at radius 1 is 1.04 bits per heavy atom. The number of nitrogens with zero attached hydrogens (tertiary/aromatic N) is 3. The van der Waals surface area contributed by atoms with Crippen molar-refractivity contribution in [1.82, 2.24) is 15.4 Å². The Kier molecular flexibility index (Phi) is 5.97. The highest BCUT2D eigenvalue weighted by molar-refractivity contribution is 6.33. The predicted molar refractivity (Wildman–Crippen MR) is 105 cm³/mol. The van der Waals surface area contributed by atoms with Crippen molar-refractivity contribution in [1.29, 1.82) is 0 Å². The number of carbonyl (C=O) groups excluding carboxylic acids is 1. The Morgan fingerprint density at radius 2 is 1.71 bits per heavy atom. The number of rotatable bonds is 7. The first-order chi connectivity index (χ1) is 13.5. The molecule has 10 heteroatoms. The van der Waals surface area contributed by atoms with Crippen LogP contribution in [-0.4, -0.2) is 20.8 Å². The number of nitrogens with one attached hydrogen (secondary N) is 3. The number of hydrazine groups is 1. The number of carbonyl (C=O) groups is 1. The van der Waals surface area contributed by atoms with Crippen molar-refractivity contribution in [2.24, 2.45) is 0 Å². The molecule has 0 aliphatic carbocycles. The van der Waals surface area contributed by atoms with E-state index >= 15 is 0 Å². The minimum Gasteiger partial charge on any atom is -0.333 e. The number of para-hydroxylation sites is 1. The lowest BCUT2D eigenvalue weighted by Crippen LogP contribution is -2.31. The van der Waals surface area contributed by atoms with Crippen LogP contribution in [0.25, 0.3) is 0 Å². The van der Waals surface area contributed by atoms with Gasteiger partial charge >= 0.3 is 5.69 Å². The average Bonchev–Trinajstić information content (AvgIpc) is 2.69. The molecule has 9 nitrogen and oxygen atoms in total. The molecule has 0 bridgehead atoms. The van der Waals surface area contributed by atoms with Gasteiger partial charge < -0.3 is 5.32 Å². The van der Waals surface area contributed by atoms with Crippen molar-refractivity contribution in [2.75, 3.05) is 10.7 Å². The number of anilines is 3. The van der Waals surface area contributed by atoms with Gasteiger partial charge in [0, 0.05) is 0 Å². The molecule has 1 amide bonds. The van der Waals surface area contributed by atoms with Crippen molar-refractivity contribution < 1.29 is 9.72 Å². The van der Waals surface area contributed by atoms with E-state index in [1.54, 1.807) is 36.4 Å². The van der Waals surface area contributed by atoms with E-state index in [4.69, 9.17) is 11.6 Å². The average molecular weight is 399 g/mol. The molecule has 0 aliphatic rings. The third-order valence-corrected chi connectivity index (χ3v) is 3.99. The molecule has 3 N–H and O–H groups in total. The second kappa shape index (κ2) is 8.78. The molecule has 1 heterocycles. The molecular weight excluding hydrogens is 384 g/mol. The van der Waals surface area contributed by atoms with E-state index in [1.165, 1.54) is 0 Å². The summed E-state index contributed by atoms with van der Waals surface area (Å²) in [6.07, 6.45) is 1.25. The molecule has 1 aromatic heterocycles. The molecule has 0 spiro atoms. The van der Waals surface area contributed by atoms with Gasteiger partial charge in [-0.3, -0.25) is 25.8 Å². The van der Waals surface area contributed by atoms with Crippen LogP contribution in [0.3, 0.4) is 0 Å². The summed E-state index contributed by atoms with van der Waals surface area (Å²) >= 11 is 6.08. The molecule has 0 unspecified atom stereocenters. The fourth-order valence-corrected chi connectivity index (χ4v) is 2.56. The molecule has 28 heavy (non-hydrogen) atoms. The summed E-state index contributed by atoms with van der Waals surface area (Å²) in [4.78, 5) is 30.7. The van der Waals surface area contributed by atoms with Crippen LogP contribution in [0.15, 0.2) is 60.9 Å². The van der Waals surface area contributed by atoms with Crippen molar-refractivity contribution in [2.45, 2.75) is 6.42 Å². The summed E-state index contributed by atoms with van der Waals surface area (Å²) in [6, 6.07) is 15.8. The monoisotopic (exact) mass is 398 g/mol. The number of nitro groups is 1. The van der Waals surface area contributed by atoms with Crippen LogP contribution in [0.2, 0.25) is 5.02 Å². The lowest BCUT2D eigenvalue weighted by Gasteiger charge is -2.11. The Labute approximate surface area is 164 Å². The Bertz CT molecular complexity index is 1000. The van der Waals surface area contributed by atoms with Crippen molar-refractivity contribution in [3.63, 3.8) is 0 Å². The molecule has 0 atom stereocenters. The van der Waals surface area contributed by atoms with Gasteiger partial charge in [0.25, 0.3) is 0 Å². The number of aromatic nitrogens is 2. The first-order valence-corrected chi connectivity index (χ1v) is 8.52. The minimum absolute atomic E-state index is 0.0621. The largest absolute Gasteiger partial charge is 0.355 e. The van der Waals surface area contributed by atoms with Gasteiger partial charge in [0.1, 0.15) is 6.33 Å². The topological polar surface area (TPSA) is 122 Å². The van der Waals surface area contributed by atoms with E-state index in [0.29, 0.717) is 10.7 Å². The van der Waals surface area contributed by atoms with Gasteiger partial charge in [-0.05, 0) is 17.7 Å². The molecule has 0 aliphatic heterocycles. The van der Waals surface area contributed by atoms with Crippen molar-refractivity contribution in [3.8, 4) is 0 Å². The number of benzene rings is 2. The Morgan fingerprint density at radius 3 is 2.43 bits per heavy atom. The maximum absolute atomic E-state index is 12.1. The van der Waals surface area contributed by atoms with Crippen LogP contribution in [0.4, 0.5) is 23.0 Å². The lowest BCUT2D eigenvalue weighted by molar-refractivity contribution is -0.383. The predicted octanol–water partition coefficient (Wildman–Crippen LogP) is 3.47. The molecule has 0 fully saturated rings. The highest BCUT2D eigenvalue weighted by Gasteiger charge is 2.24. The SMILES string of the molecule is O=C(Cc1ccccc1)NNc1ncnc(Nc2ccccc2Cl)c1[N+](=O)[O-]. The van der Waals surface area contributed by atoms with Crippen LogP contribution >= 0.6 is 11.6 Å². The van der Waals surface area contributed by atoms with Crippen LogP contribution in [-0.2, 0) is 11.2 Å². The molecule has 0 saturated heterocycles. The smallest absolute Gasteiger partial charge is 0.333 e. The minimum atomic E-state index is -0.648. The fourth-order valence-electron chi connectivity index (χ4n) is 2.38. The van der Waals surface area contributed by atoms with E-state index in [0.717, 1.165) is 11.9 Å². The summed E-state index contributed by atoms with van der Waals surface area (Å²) in [5.74, 6) is -0.594. The molecule has 3 aromatic rings. The maximum atomic E-state index is 12.1. The van der Waals surface area contributed by atoms with Crippen LogP contribution < -0.4 is 16.2 Å². The molecular formula is C18H15ClN6O3. The zero-order chi connectivity index (χ0) is 19.9. The molecule has 0 saturated carbocycles. The highest BCUT2D eigenvalue weighted by atomic mass is 35.5. The number of amides is 1. The van der Waals surface area contributed by atoms with E-state index in [9.17, 15) is 14.9 Å². The van der Waals surface area contributed by atoms with Gasteiger partial charge in [-0.2, -0.15) is 0 Å². The summed E-state index contributed by atoms with van der Waals surface area (Å²) in [7, 11) is 0. The molecule has 3 rings (SSSR count). The van der Waals surface area contributed by atoms with E-state index in [-0.39, 0.29) is 24.0 Å². The number of hydrogen-bond acceptors (Lipinski definition) is 7.